The van der Waals surface area contributed by atoms with Crippen LogP contribution in [0.3, 0.4) is 0 Å². The summed E-state index contributed by atoms with van der Waals surface area (Å²) in [5.74, 6) is -1.41. The lowest BCUT2D eigenvalue weighted by Crippen LogP contribution is -2.29. The van der Waals surface area contributed by atoms with Gasteiger partial charge in [-0.25, -0.2) is 4.98 Å². The van der Waals surface area contributed by atoms with Crippen molar-refractivity contribution in [3.63, 3.8) is 0 Å². The van der Waals surface area contributed by atoms with E-state index in [1.807, 2.05) is 30.3 Å². The SMILES string of the molecule is O=C(N[C@H](c1ccccc1)c1ccc2nc(C(F)(F)F)[nH]c2c1)c1ccc(Br)o1. The zero-order valence-electron chi connectivity index (χ0n) is 14.6. The van der Waals surface area contributed by atoms with E-state index in [9.17, 15) is 18.0 Å². The van der Waals surface area contributed by atoms with Crippen LogP contribution in [0.15, 0.2) is 69.8 Å². The van der Waals surface area contributed by atoms with Gasteiger partial charge >= 0.3 is 6.18 Å². The van der Waals surface area contributed by atoms with E-state index < -0.39 is 23.9 Å². The molecule has 0 aliphatic heterocycles. The topological polar surface area (TPSA) is 70.9 Å². The number of H-pyrrole nitrogens is 1. The van der Waals surface area contributed by atoms with Gasteiger partial charge in [-0.1, -0.05) is 36.4 Å². The Morgan fingerprint density at radius 1 is 1.07 bits per heavy atom. The number of aromatic nitrogens is 2. The van der Waals surface area contributed by atoms with Gasteiger partial charge in [0.1, 0.15) is 0 Å². The number of imidazole rings is 1. The van der Waals surface area contributed by atoms with E-state index in [0.29, 0.717) is 10.2 Å². The Balaban J connectivity index is 1.73. The first-order valence-electron chi connectivity index (χ1n) is 8.49. The van der Waals surface area contributed by atoms with Crippen LogP contribution in [0.25, 0.3) is 11.0 Å². The molecule has 0 fully saturated rings. The largest absolute Gasteiger partial charge is 0.449 e. The number of hydrogen-bond acceptors (Lipinski definition) is 3. The summed E-state index contributed by atoms with van der Waals surface area (Å²) in [5, 5.41) is 2.87. The van der Waals surface area contributed by atoms with Gasteiger partial charge in [-0.3, -0.25) is 4.79 Å². The number of carbonyl (C=O) groups is 1. The Morgan fingerprint density at radius 3 is 2.48 bits per heavy atom. The summed E-state index contributed by atoms with van der Waals surface area (Å²) in [5.41, 5.74) is 1.78. The number of nitrogens with one attached hydrogen (secondary N) is 2. The lowest BCUT2D eigenvalue weighted by atomic mass is 9.98. The van der Waals surface area contributed by atoms with Gasteiger partial charge in [0.15, 0.2) is 10.4 Å². The predicted octanol–water partition coefficient (Wildman–Crippen LogP) is 5.46. The van der Waals surface area contributed by atoms with E-state index in [1.165, 1.54) is 12.1 Å². The Labute approximate surface area is 171 Å². The van der Waals surface area contributed by atoms with Crippen LogP contribution in [-0.2, 0) is 6.18 Å². The summed E-state index contributed by atoms with van der Waals surface area (Å²) in [6.07, 6.45) is -4.57. The summed E-state index contributed by atoms with van der Waals surface area (Å²) < 4.78 is 44.5. The quantitative estimate of drug-likeness (QED) is 0.422. The van der Waals surface area contributed by atoms with Gasteiger partial charge in [0.25, 0.3) is 5.91 Å². The molecule has 2 N–H and O–H groups in total. The Morgan fingerprint density at radius 2 is 1.83 bits per heavy atom. The number of fused-ring (bicyclic) bond motifs is 1. The van der Waals surface area contributed by atoms with E-state index in [1.54, 1.807) is 18.2 Å². The van der Waals surface area contributed by atoms with Crippen LogP contribution in [0.2, 0.25) is 0 Å². The number of benzene rings is 2. The summed E-state index contributed by atoms with van der Waals surface area (Å²) in [6, 6.07) is 16.3. The van der Waals surface area contributed by atoms with Gasteiger partial charge in [0, 0.05) is 0 Å². The number of nitrogens with zero attached hydrogens (tertiary/aromatic N) is 1. The number of amides is 1. The summed E-state index contributed by atoms with van der Waals surface area (Å²) in [7, 11) is 0. The molecule has 5 nitrogen and oxygen atoms in total. The van der Waals surface area contributed by atoms with Crippen molar-refractivity contribution in [2.45, 2.75) is 12.2 Å². The number of rotatable bonds is 4. The van der Waals surface area contributed by atoms with Crippen molar-refractivity contribution in [1.29, 1.82) is 0 Å². The molecule has 2 aromatic heterocycles. The minimum atomic E-state index is -4.57. The van der Waals surface area contributed by atoms with Crippen molar-refractivity contribution in [3.8, 4) is 0 Å². The second kappa shape index (κ2) is 7.40. The summed E-state index contributed by atoms with van der Waals surface area (Å²) >= 11 is 3.15. The molecule has 2 heterocycles. The zero-order valence-corrected chi connectivity index (χ0v) is 16.2. The normalized spacial score (nSPS) is 12.8. The highest BCUT2D eigenvalue weighted by Gasteiger charge is 2.34. The number of furan rings is 1. The second-order valence-corrected chi connectivity index (χ2v) is 7.06. The maximum Gasteiger partial charge on any atom is 0.449 e. The van der Waals surface area contributed by atoms with Crippen LogP contribution in [-0.4, -0.2) is 15.9 Å². The van der Waals surface area contributed by atoms with Crippen LogP contribution in [0.5, 0.6) is 0 Å². The van der Waals surface area contributed by atoms with Gasteiger partial charge in [-0.2, -0.15) is 13.2 Å². The monoisotopic (exact) mass is 463 g/mol. The fraction of sp³-hybridized carbons (Fsp3) is 0.100. The molecule has 4 aromatic rings. The average molecular weight is 464 g/mol. The van der Waals surface area contributed by atoms with Crippen LogP contribution >= 0.6 is 15.9 Å². The van der Waals surface area contributed by atoms with Crippen LogP contribution in [0.4, 0.5) is 13.2 Å². The highest BCUT2D eigenvalue weighted by molar-refractivity contribution is 9.10. The van der Waals surface area contributed by atoms with Gasteiger partial charge < -0.3 is 14.7 Å². The van der Waals surface area contributed by atoms with Crippen molar-refractivity contribution >= 4 is 32.9 Å². The molecule has 4 rings (SSSR count). The second-order valence-electron chi connectivity index (χ2n) is 6.28. The highest BCUT2D eigenvalue weighted by atomic mass is 79.9. The number of aromatic amines is 1. The first-order chi connectivity index (χ1) is 13.8. The summed E-state index contributed by atoms with van der Waals surface area (Å²) in [6.45, 7) is 0. The number of halogens is 4. The van der Waals surface area contributed by atoms with E-state index in [-0.39, 0.29) is 16.8 Å². The van der Waals surface area contributed by atoms with Gasteiger partial charge in [-0.05, 0) is 51.3 Å². The molecule has 0 aliphatic rings. The van der Waals surface area contributed by atoms with Crippen molar-refractivity contribution < 1.29 is 22.4 Å². The molecule has 0 aliphatic carbocycles. The molecule has 29 heavy (non-hydrogen) atoms. The Kier molecular flexibility index (Phi) is 4.91. The molecular formula is C20H13BrF3N3O2. The third-order valence-corrected chi connectivity index (χ3v) is 4.74. The minimum absolute atomic E-state index is 0.111. The van der Waals surface area contributed by atoms with Crippen molar-refractivity contribution in [1.82, 2.24) is 15.3 Å². The van der Waals surface area contributed by atoms with E-state index in [4.69, 9.17) is 4.42 Å². The lowest BCUT2D eigenvalue weighted by Gasteiger charge is -2.19. The fourth-order valence-electron chi connectivity index (χ4n) is 2.98. The Hall–Kier alpha value is -3.07. The summed E-state index contributed by atoms with van der Waals surface area (Å²) in [4.78, 5) is 18.5. The smallest absolute Gasteiger partial charge is 0.444 e. The van der Waals surface area contributed by atoms with E-state index >= 15 is 0 Å². The number of hydrogen-bond donors (Lipinski definition) is 2. The molecule has 0 unspecified atom stereocenters. The van der Waals surface area contributed by atoms with Gasteiger partial charge in [0.05, 0.1) is 17.1 Å². The number of carbonyl (C=O) groups excluding carboxylic acids is 1. The van der Waals surface area contributed by atoms with Gasteiger partial charge in [-0.15, -0.1) is 0 Å². The van der Waals surface area contributed by atoms with Crippen LogP contribution < -0.4 is 5.32 Å². The molecule has 0 saturated heterocycles. The molecule has 9 heteroatoms. The zero-order chi connectivity index (χ0) is 20.6. The third-order valence-electron chi connectivity index (χ3n) is 4.31. The lowest BCUT2D eigenvalue weighted by molar-refractivity contribution is -0.144. The molecule has 0 radical (unpaired) electrons. The maximum absolute atomic E-state index is 12.9. The number of alkyl halides is 3. The van der Waals surface area contributed by atoms with Crippen LogP contribution in [0.1, 0.15) is 33.5 Å². The van der Waals surface area contributed by atoms with Crippen molar-refractivity contribution in [3.05, 3.63) is 88.0 Å². The maximum atomic E-state index is 12.9. The van der Waals surface area contributed by atoms with E-state index in [2.05, 4.69) is 31.2 Å². The van der Waals surface area contributed by atoms with Crippen molar-refractivity contribution in [2.75, 3.05) is 0 Å². The molecule has 148 valence electrons. The molecular weight excluding hydrogens is 451 g/mol. The predicted molar refractivity (Wildman–Crippen MR) is 103 cm³/mol. The molecule has 0 spiro atoms. The fourth-order valence-corrected chi connectivity index (χ4v) is 3.29. The molecule has 0 bridgehead atoms. The van der Waals surface area contributed by atoms with Crippen LogP contribution in [0, 0.1) is 0 Å². The molecule has 2 aromatic carbocycles. The average Bonchev–Trinajstić information content (AvgIpc) is 3.32. The highest BCUT2D eigenvalue weighted by Crippen LogP contribution is 2.30. The Bertz CT molecular complexity index is 1170. The van der Waals surface area contributed by atoms with E-state index in [0.717, 1.165) is 5.56 Å². The third kappa shape index (κ3) is 4.04. The molecule has 1 amide bonds. The van der Waals surface area contributed by atoms with Gasteiger partial charge in [0.2, 0.25) is 5.82 Å². The van der Waals surface area contributed by atoms with Crippen molar-refractivity contribution in [2.24, 2.45) is 0 Å². The first kappa shape index (κ1) is 19.3. The standard InChI is InChI=1S/C20H13BrF3N3O2/c21-16-9-8-15(29-16)18(28)27-17(11-4-2-1-3-5-11)12-6-7-13-14(10-12)26-19(25-13)20(22,23)24/h1-10,17H,(H,25,26)(H,27,28)/t17-/m1/s1. The minimum Gasteiger partial charge on any atom is -0.444 e. The molecule has 1 atom stereocenters. The molecule has 0 saturated carbocycles. The first-order valence-corrected chi connectivity index (χ1v) is 9.28.